The summed E-state index contributed by atoms with van der Waals surface area (Å²) in [7, 11) is 0. The topological polar surface area (TPSA) is 49.3 Å². The van der Waals surface area contributed by atoms with Crippen molar-refractivity contribution >= 4 is 5.91 Å². The van der Waals surface area contributed by atoms with E-state index in [2.05, 4.69) is 11.9 Å². The van der Waals surface area contributed by atoms with Gasteiger partial charge in [-0.2, -0.15) is 0 Å². The highest BCUT2D eigenvalue weighted by molar-refractivity contribution is 5.76. The average molecular weight is 115 g/mol. The number of aliphatic hydroxyl groups is 1. The van der Waals surface area contributed by atoms with Gasteiger partial charge in [0.1, 0.15) is 6.61 Å². The van der Waals surface area contributed by atoms with Crippen LogP contribution in [-0.4, -0.2) is 24.2 Å². The van der Waals surface area contributed by atoms with Gasteiger partial charge in [0.25, 0.3) is 0 Å². The van der Waals surface area contributed by atoms with Crippen LogP contribution >= 0.6 is 0 Å². The van der Waals surface area contributed by atoms with Gasteiger partial charge in [-0.3, -0.25) is 4.79 Å². The van der Waals surface area contributed by atoms with E-state index in [0.29, 0.717) is 6.54 Å². The molecule has 0 saturated heterocycles. The lowest BCUT2D eigenvalue weighted by molar-refractivity contribution is -0.123. The Morgan fingerprint density at radius 3 is 2.88 bits per heavy atom. The first kappa shape index (κ1) is 7.17. The Hall–Kier alpha value is -0.830. The van der Waals surface area contributed by atoms with E-state index in [4.69, 9.17) is 5.11 Å². The third-order valence-electron chi connectivity index (χ3n) is 0.587. The van der Waals surface area contributed by atoms with Crippen LogP contribution in [0.4, 0.5) is 0 Å². The van der Waals surface area contributed by atoms with Gasteiger partial charge in [0.2, 0.25) is 5.91 Å². The first-order valence-electron chi connectivity index (χ1n) is 2.29. The predicted octanol–water partition coefficient (Wildman–Crippen LogP) is -0.719. The summed E-state index contributed by atoms with van der Waals surface area (Å²) in [5.74, 6) is -0.370. The lowest BCUT2D eigenvalue weighted by Gasteiger charge is -1.94. The van der Waals surface area contributed by atoms with Gasteiger partial charge in [-0.15, -0.1) is 6.58 Å². The zero-order chi connectivity index (χ0) is 6.41. The van der Waals surface area contributed by atoms with Crippen molar-refractivity contribution in [2.75, 3.05) is 13.2 Å². The Morgan fingerprint density at radius 2 is 2.50 bits per heavy atom. The van der Waals surface area contributed by atoms with Crippen LogP contribution < -0.4 is 5.32 Å². The van der Waals surface area contributed by atoms with E-state index in [-0.39, 0.29) is 5.91 Å². The summed E-state index contributed by atoms with van der Waals surface area (Å²) >= 11 is 0. The van der Waals surface area contributed by atoms with Crippen LogP contribution in [0.2, 0.25) is 0 Å². The van der Waals surface area contributed by atoms with Crippen molar-refractivity contribution in [1.29, 1.82) is 0 Å². The standard InChI is InChI=1S/C5H9NO2/c1-2-3-6-5(8)4-7/h2,7H,1,3-4H2,(H,6,8). The molecule has 0 aliphatic carbocycles. The molecule has 0 atom stereocenters. The summed E-state index contributed by atoms with van der Waals surface area (Å²) in [6.45, 7) is 3.34. The van der Waals surface area contributed by atoms with Gasteiger partial charge in [-0.25, -0.2) is 0 Å². The van der Waals surface area contributed by atoms with Crippen LogP contribution in [0, 0.1) is 0 Å². The van der Waals surface area contributed by atoms with E-state index in [0.717, 1.165) is 0 Å². The molecule has 3 nitrogen and oxygen atoms in total. The SMILES string of the molecule is C=CCNC(=O)CO. The Bertz CT molecular complexity index is 90.4. The summed E-state index contributed by atoms with van der Waals surface area (Å²) in [4.78, 5) is 10.2. The zero-order valence-electron chi connectivity index (χ0n) is 4.55. The Morgan fingerprint density at radius 1 is 1.88 bits per heavy atom. The fraction of sp³-hybridized carbons (Fsp3) is 0.400. The second-order valence-corrected chi connectivity index (χ2v) is 1.25. The third kappa shape index (κ3) is 3.36. The van der Waals surface area contributed by atoms with Gasteiger partial charge in [-0.1, -0.05) is 6.08 Å². The molecule has 0 aliphatic rings. The minimum atomic E-state index is -0.451. The minimum absolute atomic E-state index is 0.370. The maximum atomic E-state index is 10.2. The van der Waals surface area contributed by atoms with Gasteiger partial charge in [0, 0.05) is 6.54 Å². The van der Waals surface area contributed by atoms with Gasteiger partial charge >= 0.3 is 0 Å². The Balaban J connectivity index is 3.11. The van der Waals surface area contributed by atoms with E-state index in [1.165, 1.54) is 0 Å². The van der Waals surface area contributed by atoms with Crippen LogP contribution in [0.1, 0.15) is 0 Å². The highest BCUT2D eigenvalue weighted by Crippen LogP contribution is 1.61. The molecular formula is C5H9NO2. The normalized spacial score (nSPS) is 8.12. The molecule has 46 valence electrons. The lowest BCUT2D eigenvalue weighted by atomic mass is 10.5. The van der Waals surface area contributed by atoms with E-state index in [9.17, 15) is 4.79 Å². The maximum Gasteiger partial charge on any atom is 0.245 e. The van der Waals surface area contributed by atoms with Crippen molar-refractivity contribution in [2.24, 2.45) is 0 Å². The Kier molecular flexibility index (Phi) is 3.88. The molecule has 0 rings (SSSR count). The molecule has 0 radical (unpaired) electrons. The number of hydrogen-bond donors (Lipinski definition) is 2. The van der Waals surface area contributed by atoms with Crippen molar-refractivity contribution in [1.82, 2.24) is 5.32 Å². The zero-order valence-corrected chi connectivity index (χ0v) is 4.55. The number of amides is 1. The molecular weight excluding hydrogens is 106 g/mol. The first-order valence-corrected chi connectivity index (χ1v) is 2.29. The largest absolute Gasteiger partial charge is 0.387 e. The number of hydrogen-bond acceptors (Lipinski definition) is 2. The number of rotatable bonds is 3. The molecule has 0 spiro atoms. The second kappa shape index (κ2) is 4.33. The summed E-state index contributed by atoms with van der Waals surface area (Å²) in [6, 6.07) is 0. The van der Waals surface area contributed by atoms with Crippen molar-refractivity contribution in [3.8, 4) is 0 Å². The van der Waals surface area contributed by atoms with Crippen LogP contribution in [0.5, 0.6) is 0 Å². The molecule has 0 aromatic rings. The van der Waals surface area contributed by atoms with E-state index in [1.807, 2.05) is 0 Å². The maximum absolute atomic E-state index is 10.2. The van der Waals surface area contributed by atoms with Crippen LogP contribution in [0.25, 0.3) is 0 Å². The first-order chi connectivity index (χ1) is 3.81. The van der Waals surface area contributed by atoms with Crippen LogP contribution in [0.15, 0.2) is 12.7 Å². The fourth-order valence-corrected chi connectivity index (χ4v) is 0.242. The highest BCUT2D eigenvalue weighted by atomic mass is 16.3. The van der Waals surface area contributed by atoms with Crippen LogP contribution in [-0.2, 0) is 4.79 Å². The van der Waals surface area contributed by atoms with Gasteiger partial charge in [0.15, 0.2) is 0 Å². The molecule has 0 fully saturated rings. The Labute approximate surface area is 48.0 Å². The number of nitrogens with one attached hydrogen (secondary N) is 1. The van der Waals surface area contributed by atoms with E-state index in [1.54, 1.807) is 6.08 Å². The van der Waals surface area contributed by atoms with Crippen molar-refractivity contribution < 1.29 is 9.90 Å². The molecule has 0 unspecified atom stereocenters. The molecule has 0 saturated carbocycles. The molecule has 0 bridgehead atoms. The minimum Gasteiger partial charge on any atom is -0.387 e. The molecule has 0 aromatic heterocycles. The molecule has 2 N–H and O–H groups in total. The quantitative estimate of drug-likeness (QED) is 0.477. The van der Waals surface area contributed by atoms with Crippen molar-refractivity contribution in [2.45, 2.75) is 0 Å². The molecule has 8 heavy (non-hydrogen) atoms. The molecule has 0 aliphatic heterocycles. The highest BCUT2D eigenvalue weighted by Gasteiger charge is 1.90. The van der Waals surface area contributed by atoms with Gasteiger partial charge in [-0.05, 0) is 0 Å². The molecule has 0 aromatic carbocycles. The summed E-state index contributed by atoms with van der Waals surface area (Å²) < 4.78 is 0. The molecule has 0 heterocycles. The van der Waals surface area contributed by atoms with Gasteiger partial charge in [0.05, 0.1) is 0 Å². The third-order valence-corrected chi connectivity index (χ3v) is 0.587. The fourth-order valence-electron chi connectivity index (χ4n) is 0.242. The summed E-state index contributed by atoms with van der Waals surface area (Å²) in [6.07, 6.45) is 1.55. The van der Waals surface area contributed by atoms with Crippen molar-refractivity contribution in [3.05, 3.63) is 12.7 Å². The molecule has 1 amide bonds. The predicted molar refractivity (Wildman–Crippen MR) is 30.3 cm³/mol. The van der Waals surface area contributed by atoms with E-state index >= 15 is 0 Å². The molecule has 3 heteroatoms. The number of carbonyl (C=O) groups is 1. The number of carbonyl (C=O) groups excluding carboxylic acids is 1. The van der Waals surface area contributed by atoms with E-state index < -0.39 is 6.61 Å². The van der Waals surface area contributed by atoms with Crippen molar-refractivity contribution in [3.63, 3.8) is 0 Å². The summed E-state index contributed by atoms with van der Waals surface area (Å²) in [5.41, 5.74) is 0. The van der Waals surface area contributed by atoms with Gasteiger partial charge < -0.3 is 10.4 Å². The van der Waals surface area contributed by atoms with Crippen LogP contribution in [0.3, 0.4) is 0 Å². The summed E-state index contributed by atoms with van der Waals surface area (Å²) in [5, 5.41) is 10.5. The monoisotopic (exact) mass is 115 g/mol. The second-order valence-electron chi connectivity index (χ2n) is 1.25. The number of aliphatic hydroxyl groups excluding tert-OH is 1. The average Bonchev–Trinajstić information content (AvgIpc) is 1.83. The lowest BCUT2D eigenvalue weighted by Crippen LogP contribution is -2.25. The smallest absolute Gasteiger partial charge is 0.245 e.